The maximum absolute atomic E-state index is 11.6. The third-order valence-electron chi connectivity index (χ3n) is 2.14. The van der Waals surface area contributed by atoms with E-state index in [1.165, 1.54) is 12.1 Å². The Labute approximate surface area is 92.0 Å². The highest BCUT2D eigenvalue weighted by atomic mass is 35.5. The Morgan fingerprint density at radius 1 is 1.47 bits per heavy atom. The summed E-state index contributed by atoms with van der Waals surface area (Å²) in [7, 11) is -3.62. The van der Waals surface area contributed by atoms with Crippen LogP contribution in [0.25, 0.3) is 0 Å². The number of hydrogen-bond donors (Lipinski definition) is 2. The number of halogens is 1. The molecule has 0 radical (unpaired) electrons. The molecule has 0 spiro atoms. The summed E-state index contributed by atoms with van der Waals surface area (Å²) >= 11 is 5.89. The van der Waals surface area contributed by atoms with Crippen molar-refractivity contribution in [1.82, 2.24) is 5.43 Å². The average Bonchev–Trinajstić information content (AvgIpc) is 2.40. The Balaban J connectivity index is 2.79. The summed E-state index contributed by atoms with van der Waals surface area (Å²) in [5.41, 5.74) is 3.33. The molecule has 2 rings (SSSR count). The van der Waals surface area contributed by atoms with Gasteiger partial charge >= 0.3 is 0 Å². The normalized spacial score (nSPS) is 17.1. The molecule has 0 aliphatic carbocycles. The van der Waals surface area contributed by atoms with Crippen molar-refractivity contribution in [2.24, 2.45) is 10.2 Å². The zero-order chi connectivity index (χ0) is 11.2. The molecule has 0 atom stereocenters. The monoisotopic (exact) mass is 245 g/mol. The molecule has 80 valence electrons. The number of rotatable bonds is 0. The van der Waals surface area contributed by atoms with Gasteiger partial charge < -0.3 is 5.43 Å². The standard InChI is InChI=1S/C8H8ClN3O2S/c1-4-2-7-5(3-6(4)9)8(11-10)12-15(7,13)14/h2-3H,10H2,1H3,(H,11,12). The topological polar surface area (TPSA) is 84.5 Å². The molecule has 0 saturated heterocycles. The van der Waals surface area contributed by atoms with E-state index in [0.717, 1.165) is 0 Å². The van der Waals surface area contributed by atoms with Crippen LogP contribution in [0.2, 0.25) is 5.02 Å². The predicted molar refractivity (Wildman–Crippen MR) is 57.2 cm³/mol. The summed E-state index contributed by atoms with van der Waals surface area (Å²) in [5.74, 6) is 5.29. The molecule has 0 amide bonds. The predicted octanol–water partition coefficient (Wildman–Crippen LogP) is 0.561. The summed E-state index contributed by atoms with van der Waals surface area (Å²) in [6.07, 6.45) is 0. The lowest BCUT2D eigenvalue weighted by Gasteiger charge is -2.03. The minimum atomic E-state index is -3.62. The highest BCUT2D eigenvalue weighted by molar-refractivity contribution is 7.90. The molecule has 1 aromatic carbocycles. The highest BCUT2D eigenvalue weighted by Crippen LogP contribution is 2.30. The molecular weight excluding hydrogens is 238 g/mol. The number of aryl methyl sites for hydroxylation is 1. The minimum absolute atomic E-state index is 0.118. The van der Waals surface area contributed by atoms with Crippen molar-refractivity contribution in [3.05, 3.63) is 28.3 Å². The van der Waals surface area contributed by atoms with Gasteiger partial charge in [-0.1, -0.05) is 11.6 Å². The number of hydrogen-bond acceptors (Lipinski definition) is 4. The summed E-state index contributed by atoms with van der Waals surface area (Å²) in [5, 5.41) is 0.480. The molecule has 3 N–H and O–H groups in total. The number of amidine groups is 1. The first-order chi connectivity index (χ1) is 6.95. The summed E-state index contributed by atoms with van der Waals surface area (Å²) < 4.78 is 26.6. The van der Waals surface area contributed by atoms with E-state index in [1.54, 1.807) is 6.92 Å². The van der Waals surface area contributed by atoms with Crippen molar-refractivity contribution in [3.63, 3.8) is 0 Å². The van der Waals surface area contributed by atoms with Crippen LogP contribution in [0.15, 0.2) is 21.4 Å². The Morgan fingerprint density at radius 2 is 2.13 bits per heavy atom. The summed E-state index contributed by atoms with van der Waals surface area (Å²) in [4.78, 5) is 0.136. The second kappa shape index (κ2) is 3.19. The first-order valence-corrected chi connectivity index (χ1v) is 5.89. The number of nitrogens with one attached hydrogen (secondary N) is 1. The number of fused-ring (bicyclic) bond motifs is 1. The third kappa shape index (κ3) is 1.50. The van der Waals surface area contributed by atoms with E-state index in [-0.39, 0.29) is 10.7 Å². The van der Waals surface area contributed by atoms with E-state index >= 15 is 0 Å². The Morgan fingerprint density at radius 3 is 2.73 bits per heavy atom. The van der Waals surface area contributed by atoms with E-state index in [4.69, 9.17) is 17.4 Å². The molecule has 1 aliphatic heterocycles. The zero-order valence-electron chi connectivity index (χ0n) is 7.78. The molecule has 1 aliphatic rings. The van der Waals surface area contributed by atoms with E-state index in [0.29, 0.717) is 16.1 Å². The summed E-state index contributed by atoms with van der Waals surface area (Å²) in [6, 6.07) is 3.02. The van der Waals surface area contributed by atoms with E-state index in [9.17, 15) is 8.42 Å². The van der Waals surface area contributed by atoms with Crippen LogP contribution in [-0.2, 0) is 10.0 Å². The van der Waals surface area contributed by atoms with Crippen molar-refractivity contribution < 1.29 is 8.42 Å². The quantitative estimate of drug-likeness (QED) is 0.517. The fourth-order valence-electron chi connectivity index (χ4n) is 1.38. The highest BCUT2D eigenvalue weighted by Gasteiger charge is 2.29. The fraction of sp³-hybridized carbons (Fsp3) is 0.125. The SMILES string of the molecule is Cc1cc2c(cc1Cl)C(NN)=NS2(=O)=O. The maximum atomic E-state index is 11.6. The lowest BCUT2D eigenvalue weighted by atomic mass is 10.1. The number of nitrogens with zero attached hydrogens (tertiary/aromatic N) is 1. The van der Waals surface area contributed by atoms with Crippen LogP contribution in [-0.4, -0.2) is 14.3 Å². The van der Waals surface area contributed by atoms with Crippen LogP contribution >= 0.6 is 11.6 Å². The average molecular weight is 246 g/mol. The zero-order valence-corrected chi connectivity index (χ0v) is 9.35. The Hall–Kier alpha value is -1.11. The number of nitrogens with two attached hydrogens (primary N) is 1. The minimum Gasteiger partial charge on any atom is -0.307 e. The van der Waals surface area contributed by atoms with Gasteiger partial charge in [0.05, 0.1) is 0 Å². The van der Waals surface area contributed by atoms with Gasteiger partial charge in [0.2, 0.25) is 0 Å². The van der Waals surface area contributed by atoms with Crippen LogP contribution in [0.5, 0.6) is 0 Å². The van der Waals surface area contributed by atoms with Gasteiger partial charge in [-0.2, -0.15) is 8.42 Å². The number of benzene rings is 1. The number of hydrazine groups is 1. The molecule has 0 saturated carbocycles. The Bertz CT molecular complexity index is 565. The molecule has 15 heavy (non-hydrogen) atoms. The van der Waals surface area contributed by atoms with Crippen molar-refractivity contribution in [2.45, 2.75) is 11.8 Å². The van der Waals surface area contributed by atoms with E-state index in [1.807, 2.05) is 0 Å². The van der Waals surface area contributed by atoms with Crippen molar-refractivity contribution in [1.29, 1.82) is 0 Å². The van der Waals surface area contributed by atoms with Crippen LogP contribution in [0.3, 0.4) is 0 Å². The van der Waals surface area contributed by atoms with Crippen LogP contribution in [0.1, 0.15) is 11.1 Å². The van der Waals surface area contributed by atoms with Gasteiger partial charge in [-0.15, -0.1) is 4.40 Å². The van der Waals surface area contributed by atoms with Crippen molar-refractivity contribution >= 4 is 27.5 Å². The molecule has 0 unspecified atom stereocenters. The van der Waals surface area contributed by atoms with Gasteiger partial charge in [-0.3, -0.25) is 0 Å². The van der Waals surface area contributed by atoms with Gasteiger partial charge in [0.25, 0.3) is 10.0 Å². The molecule has 5 nitrogen and oxygen atoms in total. The van der Waals surface area contributed by atoms with Crippen LogP contribution in [0, 0.1) is 6.92 Å². The molecule has 7 heteroatoms. The van der Waals surface area contributed by atoms with Gasteiger partial charge in [-0.25, -0.2) is 5.84 Å². The van der Waals surface area contributed by atoms with Crippen molar-refractivity contribution in [2.75, 3.05) is 0 Å². The largest absolute Gasteiger partial charge is 0.307 e. The van der Waals surface area contributed by atoms with Crippen LogP contribution in [0.4, 0.5) is 0 Å². The van der Waals surface area contributed by atoms with Gasteiger partial charge in [0, 0.05) is 10.6 Å². The first-order valence-electron chi connectivity index (χ1n) is 4.08. The van der Waals surface area contributed by atoms with Gasteiger partial charge in [0.15, 0.2) is 5.84 Å². The second-order valence-corrected chi connectivity index (χ2v) is 5.14. The molecule has 0 bridgehead atoms. The summed E-state index contributed by atoms with van der Waals surface area (Å²) in [6.45, 7) is 1.73. The molecule has 1 aromatic rings. The lowest BCUT2D eigenvalue weighted by molar-refractivity contribution is 0.599. The molecule has 0 fully saturated rings. The molecule has 1 heterocycles. The maximum Gasteiger partial charge on any atom is 0.285 e. The third-order valence-corrected chi connectivity index (χ3v) is 3.87. The second-order valence-electron chi connectivity index (χ2n) is 3.16. The van der Waals surface area contributed by atoms with E-state index < -0.39 is 10.0 Å². The van der Waals surface area contributed by atoms with Gasteiger partial charge in [-0.05, 0) is 24.6 Å². The fourth-order valence-corrected chi connectivity index (χ4v) is 2.79. The first kappa shape index (κ1) is 10.4. The van der Waals surface area contributed by atoms with Crippen LogP contribution < -0.4 is 11.3 Å². The Kier molecular flexibility index (Phi) is 2.22. The number of sulfonamides is 1. The van der Waals surface area contributed by atoms with Gasteiger partial charge in [0.1, 0.15) is 4.90 Å². The van der Waals surface area contributed by atoms with Crippen molar-refractivity contribution in [3.8, 4) is 0 Å². The van der Waals surface area contributed by atoms with E-state index in [2.05, 4.69) is 9.82 Å². The molecule has 0 aromatic heterocycles. The molecular formula is C8H8ClN3O2S. The lowest BCUT2D eigenvalue weighted by Crippen LogP contribution is -2.29. The smallest absolute Gasteiger partial charge is 0.285 e.